The van der Waals surface area contributed by atoms with Gasteiger partial charge >= 0.3 is 11.9 Å². The van der Waals surface area contributed by atoms with Crippen molar-refractivity contribution in [3.63, 3.8) is 0 Å². The Hall–Kier alpha value is -2.33. The SMILES string of the molecule is CN1CCN(C2=Nc3ccccc3Sc3c2csc3Cl)CC1.O=C(O)/C=C/C(=O)O. The van der Waals surface area contributed by atoms with Crippen LogP contribution < -0.4 is 0 Å². The number of thiophene rings is 1. The van der Waals surface area contributed by atoms with Crippen LogP contribution in [-0.2, 0) is 9.59 Å². The fourth-order valence-electron chi connectivity index (χ4n) is 2.89. The van der Waals surface area contributed by atoms with Crippen molar-refractivity contribution in [3.05, 3.63) is 51.7 Å². The Morgan fingerprint density at radius 2 is 1.73 bits per heavy atom. The largest absolute Gasteiger partial charge is 0.478 e. The molecule has 0 spiro atoms. The molecule has 0 radical (unpaired) electrons. The van der Waals surface area contributed by atoms with Crippen LogP contribution in [0.2, 0.25) is 4.34 Å². The Morgan fingerprint density at radius 1 is 1.10 bits per heavy atom. The molecule has 0 saturated carbocycles. The van der Waals surface area contributed by atoms with Crippen molar-refractivity contribution in [2.75, 3.05) is 33.2 Å². The summed E-state index contributed by atoms with van der Waals surface area (Å²) in [6.45, 7) is 4.16. The van der Waals surface area contributed by atoms with Gasteiger partial charge in [0.15, 0.2) is 0 Å². The maximum Gasteiger partial charge on any atom is 0.328 e. The number of para-hydroxylation sites is 1. The van der Waals surface area contributed by atoms with Crippen LogP contribution in [-0.4, -0.2) is 71.0 Å². The van der Waals surface area contributed by atoms with Crippen LogP contribution in [0.15, 0.2) is 56.6 Å². The number of carboxylic acid groups (broad SMARTS) is 2. The van der Waals surface area contributed by atoms with E-state index in [1.807, 2.05) is 6.07 Å². The smallest absolute Gasteiger partial charge is 0.328 e. The van der Waals surface area contributed by atoms with Crippen LogP contribution in [0.1, 0.15) is 5.56 Å². The number of hydrogen-bond acceptors (Lipinski definition) is 7. The number of amidine groups is 1. The molecule has 0 unspecified atom stereocenters. The molecule has 4 rings (SSSR count). The molecule has 1 aromatic heterocycles. The minimum Gasteiger partial charge on any atom is -0.478 e. The van der Waals surface area contributed by atoms with Crippen molar-refractivity contribution in [1.82, 2.24) is 9.80 Å². The van der Waals surface area contributed by atoms with Gasteiger partial charge in [-0.3, -0.25) is 0 Å². The van der Waals surface area contributed by atoms with E-state index in [1.54, 1.807) is 23.1 Å². The number of rotatable bonds is 2. The van der Waals surface area contributed by atoms with Crippen LogP contribution in [0.4, 0.5) is 5.69 Å². The number of benzene rings is 1. The molecule has 10 heteroatoms. The standard InChI is InChI=1S/C16H16ClN3S2.C4H4O4/c1-19-6-8-20(9-7-19)16-11-10-21-15(17)14(11)22-13-5-3-2-4-12(13)18-16;5-3(6)1-2-4(7)8/h2-5,10H,6-9H2,1H3;1-2H,(H,5,6)(H,7,8)/b;2-1+. The number of piperazine rings is 1. The molecule has 2 N–H and O–H groups in total. The Balaban J connectivity index is 0.000000275. The number of hydrogen-bond donors (Lipinski definition) is 2. The summed E-state index contributed by atoms with van der Waals surface area (Å²) in [5, 5.41) is 17.8. The molecule has 1 saturated heterocycles. The highest BCUT2D eigenvalue weighted by Crippen LogP contribution is 2.46. The zero-order valence-electron chi connectivity index (χ0n) is 16.1. The van der Waals surface area contributed by atoms with Crippen LogP contribution in [0, 0.1) is 0 Å². The fourth-order valence-corrected chi connectivity index (χ4v) is 5.18. The number of carboxylic acids is 2. The third-order valence-corrected chi connectivity index (χ3v) is 7.07. The predicted molar refractivity (Wildman–Crippen MR) is 120 cm³/mol. The minimum atomic E-state index is -1.26. The minimum absolute atomic E-state index is 0.558. The first kappa shape index (κ1) is 22.4. The molecule has 2 aliphatic heterocycles. The molecule has 2 aliphatic rings. The van der Waals surface area contributed by atoms with Crippen LogP contribution in [0.5, 0.6) is 0 Å². The van der Waals surface area contributed by atoms with E-state index in [1.165, 1.54) is 10.5 Å². The summed E-state index contributed by atoms with van der Waals surface area (Å²) in [7, 11) is 2.17. The molecule has 2 aromatic rings. The average molecular weight is 466 g/mol. The molecule has 158 valence electrons. The van der Waals surface area contributed by atoms with E-state index in [0.29, 0.717) is 12.2 Å². The van der Waals surface area contributed by atoms with E-state index in [0.717, 1.165) is 46.9 Å². The van der Waals surface area contributed by atoms with Crippen molar-refractivity contribution in [2.45, 2.75) is 9.79 Å². The molecule has 3 heterocycles. The average Bonchev–Trinajstić information content (AvgIpc) is 2.98. The van der Waals surface area contributed by atoms with Gasteiger partial charge in [-0.05, 0) is 19.2 Å². The van der Waals surface area contributed by atoms with Crippen LogP contribution >= 0.6 is 34.7 Å². The molecular formula is C20H20ClN3O4S2. The van der Waals surface area contributed by atoms with Gasteiger partial charge in [-0.15, -0.1) is 11.3 Å². The maximum atomic E-state index is 9.55. The van der Waals surface area contributed by atoms with Gasteiger partial charge in [0, 0.05) is 54.2 Å². The van der Waals surface area contributed by atoms with Crippen molar-refractivity contribution in [1.29, 1.82) is 0 Å². The highest BCUT2D eigenvalue weighted by Gasteiger charge is 2.26. The van der Waals surface area contributed by atoms with E-state index < -0.39 is 11.9 Å². The number of nitrogens with zero attached hydrogens (tertiary/aromatic N) is 3. The van der Waals surface area contributed by atoms with Gasteiger partial charge in [0.25, 0.3) is 0 Å². The lowest BCUT2D eigenvalue weighted by atomic mass is 10.2. The maximum absolute atomic E-state index is 9.55. The zero-order chi connectivity index (χ0) is 21.7. The Kier molecular flexibility index (Phi) is 7.54. The lowest BCUT2D eigenvalue weighted by molar-refractivity contribution is -0.134. The molecule has 0 atom stereocenters. The van der Waals surface area contributed by atoms with Crippen LogP contribution in [0.3, 0.4) is 0 Å². The summed E-state index contributed by atoms with van der Waals surface area (Å²) in [5.74, 6) is -1.44. The molecule has 7 nitrogen and oxygen atoms in total. The van der Waals surface area contributed by atoms with Gasteiger partial charge in [0.2, 0.25) is 0 Å². The third-order valence-electron chi connectivity index (χ3n) is 4.42. The van der Waals surface area contributed by atoms with Crippen molar-refractivity contribution >= 4 is 58.2 Å². The summed E-state index contributed by atoms with van der Waals surface area (Å²) in [6.07, 6.45) is 1.12. The van der Waals surface area contributed by atoms with E-state index >= 15 is 0 Å². The lowest BCUT2D eigenvalue weighted by Gasteiger charge is -2.34. The van der Waals surface area contributed by atoms with Crippen molar-refractivity contribution in [2.24, 2.45) is 4.99 Å². The van der Waals surface area contributed by atoms with E-state index in [-0.39, 0.29) is 0 Å². The first-order valence-electron chi connectivity index (χ1n) is 9.05. The number of fused-ring (bicyclic) bond motifs is 2. The Labute approximate surface area is 187 Å². The van der Waals surface area contributed by atoms with Crippen molar-refractivity contribution < 1.29 is 19.8 Å². The van der Waals surface area contributed by atoms with Gasteiger partial charge in [-0.2, -0.15) is 0 Å². The number of aliphatic carboxylic acids is 2. The zero-order valence-corrected chi connectivity index (χ0v) is 18.5. The second-order valence-corrected chi connectivity index (χ2v) is 9.09. The Morgan fingerprint density at radius 3 is 2.37 bits per heavy atom. The Bertz CT molecular complexity index is 982. The highest BCUT2D eigenvalue weighted by molar-refractivity contribution is 7.99. The predicted octanol–water partition coefficient (Wildman–Crippen LogP) is 3.90. The first-order valence-corrected chi connectivity index (χ1v) is 11.1. The summed E-state index contributed by atoms with van der Waals surface area (Å²) in [4.78, 5) is 31.2. The number of halogens is 1. The highest BCUT2D eigenvalue weighted by atomic mass is 35.5. The second-order valence-electron chi connectivity index (χ2n) is 6.56. The molecule has 1 fully saturated rings. The van der Waals surface area contributed by atoms with E-state index in [9.17, 15) is 9.59 Å². The topological polar surface area (TPSA) is 93.4 Å². The third kappa shape index (κ3) is 5.63. The normalized spacial score (nSPS) is 16.1. The quantitative estimate of drug-likeness (QED) is 0.649. The van der Waals surface area contributed by atoms with Crippen LogP contribution in [0.25, 0.3) is 0 Å². The number of aliphatic imine (C=N–C) groups is 1. The van der Waals surface area contributed by atoms with Crippen molar-refractivity contribution in [3.8, 4) is 0 Å². The van der Waals surface area contributed by atoms with Gasteiger partial charge in [-0.1, -0.05) is 35.5 Å². The van der Waals surface area contributed by atoms with Gasteiger partial charge in [0.1, 0.15) is 10.2 Å². The number of carbonyl (C=O) groups is 2. The monoisotopic (exact) mass is 465 g/mol. The molecule has 0 aliphatic carbocycles. The summed E-state index contributed by atoms with van der Waals surface area (Å²) >= 11 is 9.77. The molecule has 0 bridgehead atoms. The van der Waals surface area contributed by atoms with Gasteiger partial charge < -0.3 is 20.0 Å². The fraction of sp³-hybridized carbons (Fsp3) is 0.250. The molecule has 0 amide bonds. The molecule has 1 aromatic carbocycles. The lowest BCUT2D eigenvalue weighted by Crippen LogP contribution is -2.47. The molecule has 30 heavy (non-hydrogen) atoms. The van der Waals surface area contributed by atoms with Gasteiger partial charge in [0.05, 0.1) is 10.6 Å². The summed E-state index contributed by atoms with van der Waals surface area (Å²) in [6, 6.07) is 8.31. The summed E-state index contributed by atoms with van der Waals surface area (Å²) < 4.78 is 0.860. The first-order chi connectivity index (χ1) is 14.3. The summed E-state index contributed by atoms with van der Waals surface area (Å²) in [5.41, 5.74) is 2.22. The van der Waals surface area contributed by atoms with E-state index in [4.69, 9.17) is 26.8 Å². The van der Waals surface area contributed by atoms with Gasteiger partial charge in [-0.25, -0.2) is 14.6 Å². The van der Waals surface area contributed by atoms with E-state index in [2.05, 4.69) is 40.4 Å². The number of likely N-dealkylation sites (N-methyl/N-ethyl adjacent to an activating group) is 1. The molecular weight excluding hydrogens is 446 g/mol. The second kappa shape index (κ2) is 10.1.